The van der Waals surface area contributed by atoms with E-state index in [2.05, 4.69) is 4.99 Å². The van der Waals surface area contributed by atoms with E-state index in [1.165, 1.54) is 7.11 Å². The molecule has 160 valence electrons. The second-order valence-electron chi connectivity index (χ2n) is 8.04. The Morgan fingerprint density at radius 2 is 2.13 bits per heavy atom. The van der Waals surface area contributed by atoms with Gasteiger partial charge in [0, 0.05) is 35.9 Å². The van der Waals surface area contributed by atoms with Crippen LogP contribution >= 0.6 is 0 Å². The van der Waals surface area contributed by atoms with Crippen LogP contribution in [0.5, 0.6) is 11.5 Å². The predicted molar refractivity (Wildman–Crippen MR) is 110 cm³/mol. The number of carbonyl (C=O) groups excluding carboxylic acids is 2. The lowest BCUT2D eigenvalue weighted by Crippen LogP contribution is -2.38. The fourth-order valence-electron chi connectivity index (χ4n) is 4.61. The van der Waals surface area contributed by atoms with Gasteiger partial charge in [0.1, 0.15) is 12.5 Å². The molecule has 0 saturated carbocycles. The van der Waals surface area contributed by atoms with Gasteiger partial charge in [-0.2, -0.15) is 0 Å². The van der Waals surface area contributed by atoms with Crippen LogP contribution in [0.15, 0.2) is 34.5 Å². The molecule has 0 spiro atoms. The molecule has 0 radical (unpaired) electrons. The predicted octanol–water partition coefficient (Wildman–Crippen LogP) is 3.30. The zero-order valence-corrected chi connectivity index (χ0v) is 17.3. The van der Waals surface area contributed by atoms with Gasteiger partial charge in [-0.1, -0.05) is 6.07 Å². The van der Waals surface area contributed by atoms with Crippen molar-refractivity contribution in [3.63, 3.8) is 0 Å². The number of esters is 1. The van der Waals surface area contributed by atoms with Gasteiger partial charge in [-0.15, -0.1) is 0 Å². The summed E-state index contributed by atoms with van der Waals surface area (Å²) in [5, 5.41) is 10.3. The average molecular weight is 413 g/mol. The van der Waals surface area contributed by atoms with Gasteiger partial charge in [-0.3, -0.25) is 14.6 Å². The minimum absolute atomic E-state index is 0.00438. The summed E-state index contributed by atoms with van der Waals surface area (Å²) in [5.74, 6) is -1.38. The van der Waals surface area contributed by atoms with Gasteiger partial charge < -0.3 is 19.3 Å². The van der Waals surface area contributed by atoms with Crippen LogP contribution in [-0.4, -0.2) is 49.0 Å². The number of Topliss-reactive ketones (excluding diaryl/α,β-unsaturated/α-hetero) is 1. The first kappa shape index (κ1) is 20.6. The number of nitrogens with zero attached hydrogens (tertiary/aromatic N) is 1. The number of carbonyl (C=O) groups is 2. The molecule has 3 aliphatic rings. The maximum absolute atomic E-state index is 13.2. The van der Waals surface area contributed by atoms with E-state index in [1.807, 2.05) is 0 Å². The molecule has 30 heavy (non-hydrogen) atoms. The third kappa shape index (κ3) is 3.86. The van der Waals surface area contributed by atoms with E-state index in [0.29, 0.717) is 42.0 Å². The number of allylic oxidation sites excluding steroid dienone is 2. The van der Waals surface area contributed by atoms with E-state index in [1.54, 1.807) is 25.1 Å². The molecule has 0 amide bonds. The second-order valence-corrected chi connectivity index (χ2v) is 8.04. The Balaban J connectivity index is 1.70. The first-order valence-corrected chi connectivity index (χ1v) is 10.5. The number of phenolic OH excluding ortho intramolecular Hbond substituents is 1. The number of rotatable bonds is 5. The molecule has 0 aromatic heterocycles. The number of aromatic hydroxyl groups is 1. The molecule has 1 aromatic rings. The Kier molecular flexibility index (Phi) is 5.90. The van der Waals surface area contributed by atoms with Gasteiger partial charge in [-0.25, -0.2) is 0 Å². The SMILES string of the molecule is COc1ccc([C@H]2C3=C(CCCC3=O)N=C(C)C2C(=O)OC[C@@H]2CCCO2)cc1O. The van der Waals surface area contributed by atoms with Gasteiger partial charge >= 0.3 is 5.97 Å². The summed E-state index contributed by atoms with van der Waals surface area (Å²) in [5.41, 5.74) is 2.60. The fourth-order valence-corrected chi connectivity index (χ4v) is 4.61. The summed E-state index contributed by atoms with van der Waals surface area (Å²) in [4.78, 5) is 30.7. The zero-order chi connectivity index (χ0) is 21.3. The lowest BCUT2D eigenvalue weighted by molar-refractivity contribution is -0.149. The molecule has 2 heterocycles. The highest BCUT2D eigenvalue weighted by Gasteiger charge is 2.43. The first-order valence-electron chi connectivity index (χ1n) is 10.5. The summed E-state index contributed by atoms with van der Waals surface area (Å²) >= 11 is 0. The Morgan fingerprint density at radius 1 is 1.30 bits per heavy atom. The molecule has 4 rings (SSSR count). The molecule has 1 aliphatic carbocycles. The van der Waals surface area contributed by atoms with Crippen molar-refractivity contribution < 1.29 is 28.9 Å². The smallest absolute Gasteiger partial charge is 0.315 e. The van der Waals surface area contributed by atoms with E-state index in [-0.39, 0.29) is 24.2 Å². The zero-order valence-electron chi connectivity index (χ0n) is 17.3. The molecular weight excluding hydrogens is 386 g/mol. The number of methoxy groups -OCH3 is 1. The van der Waals surface area contributed by atoms with E-state index in [4.69, 9.17) is 14.2 Å². The molecular formula is C23H27NO6. The largest absolute Gasteiger partial charge is 0.504 e. The highest BCUT2D eigenvalue weighted by molar-refractivity contribution is 6.08. The van der Waals surface area contributed by atoms with Crippen molar-refractivity contribution in [2.24, 2.45) is 10.9 Å². The lowest BCUT2D eigenvalue weighted by Gasteiger charge is -2.34. The number of hydrogen-bond acceptors (Lipinski definition) is 7. The standard InChI is InChI=1S/C23H27NO6/c1-13-20(23(27)30-12-15-5-4-10-29-15)21(14-8-9-19(28-2)18(26)11-14)22-16(24-13)6-3-7-17(22)25/h8-9,11,15,20-21,26H,3-7,10,12H2,1-2H3/t15-,20?,21+/m0/s1. The molecule has 1 N–H and O–H groups in total. The number of ketones is 1. The van der Waals surface area contributed by atoms with E-state index in [9.17, 15) is 14.7 Å². The molecule has 3 atom stereocenters. The van der Waals surface area contributed by atoms with Crippen LogP contribution in [0, 0.1) is 5.92 Å². The number of phenols is 1. The molecule has 7 heteroatoms. The van der Waals surface area contributed by atoms with Gasteiger partial charge in [-0.05, 0) is 50.3 Å². The van der Waals surface area contributed by atoms with Crippen LogP contribution in [0.4, 0.5) is 0 Å². The Morgan fingerprint density at radius 3 is 2.83 bits per heavy atom. The van der Waals surface area contributed by atoms with Gasteiger partial charge in [0.25, 0.3) is 0 Å². The van der Waals surface area contributed by atoms with Crippen LogP contribution in [0.2, 0.25) is 0 Å². The van der Waals surface area contributed by atoms with E-state index in [0.717, 1.165) is 25.0 Å². The van der Waals surface area contributed by atoms with Gasteiger partial charge in [0.05, 0.1) is 13.2 Å². The molecule has 2 aliphatic heterocycles. The molecule has 0 bridgehead atoms. The second kappa shape index (κ2) is 8.60. The minimum atomic E-state index is -0.722. The van der Waals surface area contributed by atoms with Crippen LogP contribution in [0.25, 0.3) is 0 Å². The third-order valence-electron chi connectivity index (χ3n) is 6.09. The fraction of sp³-hybridized carbons (Fsp3) is 0.522. The van der Waals surface area contributed by atoms with Crippen LogP contribution in [0.1, 0.15) is 50.5 Å². The van der Waals surface area contributed by atoms with Crippen LogP contribution < -0.4 is 4.74 Å². The lowest BCUT2D eigenvalue weighted by atomic mass is 9.71. The van der Waals surface area contributed by atoms with E-state index < -0.39 is 17.8 Å². The number of aliphatic imine (C=N–C) groups is 1. The molecule has 1 aromatic carbocycles. The highest BCUT2D eigenvalue weighted by atomic mass is 16.6. The van der Waals surface area contributed by atoms with Crippen molar-refractivity contribution in [2.75, 3.05) is 20.3 Å². The monoisotopic (exact) mass is 413 g/mol. The number of benzene rings is 1. The Bertz CT molecular complexity index is 912. The summed E-state index contributed by atoms with van der Waals surface area (Å²) in [6.07, 6.45) is 3.64. The van der Waals surface area contributed by atoms with Crippen molar-refractivity contribution in [1.82, 2.24) is 0 Å². The van der Waals surface area contributed by atoms with E-state index >= 15 is 0 Å². The maximum atomic E-state index is 13.2. The number of hydrogen-bond donors (Lipinski definition) is 1. The molecule has 1 saturated heterocycles. The van der Waals surface area contributed by atoms with Crippen molar-refractivity contribution >= 4 is 17.5 Å². The van der Waals surface area contributed by atoms with Crippen molar-refractivity contribution in [2.45, 2.75) is 51.0 Å². The van der Waals surface area contributed by atoms with Crippen LogP contribution in [-0.2, 0) is 19.1 Å². The Labute approximate surface area is 175 Å². The summed E-state index contributed by atoms with van der Waals surface area (Å²) in [6.45, 7) is 2.69. The summed E-state index contributed by atoms with van der Waals surface area (Å²) < 4.78 is 16.3. The quantitative estimate of drug-likeness (QED) is 0.745. The third-order valence-corrected chi connectivity index (χ3v) is 6.09. The summed E-state index contributed by atoms with van der Waals surface area (Å²) in [7, 11) is 1.47. The molecule has 1 fully saturated rings. The minimum Gasteiger partial charge on any atom is -0.504 e. The Hall–Kier alpha value is -2.67. The van der Waals surface area contributed by atoms with Gasteiger partial charge in [0.2, 0.25) is 0 Å². The first-order chi connectivity index (χ1) is 14.5. The number of ether oxygens (including phenoxy) is 3. The summed E-state index contributed by atoms with van der Waals surface area (Å²) in [6, 6.07) is 5.00. The topological polar surface area (TPSA) is 94.4 Å². The van der Waals surface area contributed by atoms with Gasteiger partial charge in [0.15, 0.2) is 17.3 Å². The van der Waals surface area contributed by atoms with Crippen molar-refractivity contribution in [3.8, 4) is 11.5 Å². The highest BCUT2D eigenvalue weighted by Crippen LogP contribution is 2.45. The van der Waals surface area contributed by atoms with Crippen molar-refractivity contribution in [1.29, 1.82) is 0 Å². The molecule has 7 nitrogen and oxygen atoms in total. The normalized spacial score (nSPS) is 26.3. The van der Waals surface area contributed by atoms with Crippen LogP contribution in [0.3, 0.4) is 0 Å². The average Bonchev–Trinajstić information content (AvgIpc) is 3.25. The molecule has 1 unspecified atom stereocenters. The van der Waals surface area contributed by atoms with Crippen molar-refractivity contribution in [3.05, 3.63) is 35.0 Å². The maximum Gasteiger partial charge on any atom is 0.315 e.